The number of para-hydroxylation sites is 2. The Bertz CT molecular complexity index is 991. The Labute approximate surface area is 172 Å². The summed E-state index contributed by atoms with van der Waals surface area (Å²) in [6, 6.07) is 12.3. The molecule has 2 atom stereocenters. The molecule has 2 amide bonds. The molecular weight excluding hydrogens is 392 g/mol. The molecule has 0 saturated heterocycles. The molecule has 2 aliphatic heterocycles. The third kappa shape index (κ3) is 4.29. The summed E-state index contributed by atoms with van der Waals surface area (Å²) in [4.78, 5) is 36.6. The zero-order chi connectivity index (χ0) is 21.1. The lowest BCUT2D eigenvalue weighted by Crippen LogP contribution is -2.40. The van der Waals surface area contributed by atoms with Gasteiger partial charge in [0.05, 0.1) is 12.1 Å². The second-order valence-electron chi connectivity index (χ2n) is 6.83. The number of fused-ring (bicyclic) bond motifs is 2. The third-order valence-corrected chi connectivity index (χ3v) is 4.64. The van der Waals surface area contributed by atoms with Gasteiger partial charge in [0.25, 0.3) is 11.8 Å². The lowest BCUT2D eigenvalue weighted by molar-refractivity contribution is -0.157. The highest BCUT2D eigenvalue weighted by Crippen LogP contribution is 2.32. The first kappa shape index (κ1) is 19.6. The van der Waals surface area contributed by atoms with Gasteiger partial charge in [-0.2, -0.15) is 0 Å². The second-order valence-corrected chi connectivity index (χ2v) is 6.83. The molecule has 9 heteroatoms. The average molecular weight is 412 g/mol. The van der Waals surface area contributed by atoms with Crippen LogP contribution in [0.1, 0.15) is 18.9 Å². The van der Waals surface area contributed by atoms with Crippen molar-refractivity contribution >= 4 is 23.5 Å². The molecule has 9 nitrogen and oxygen atoms in total. The number of carbonyl (C=O) groups excluding carboxylic acids is 3. The molecule has 0 saturated carbocycles. The zero-order valence-electron chi connectivity index (χ0n) is 16.2. The van der Waals surface area contributed by atoms with Crippen molar-refractivity contribution in [3.8, 4) is 17.2 Å². The Balaban J connectivity index is 1.26. The van der Waals surface area contributed by atoms with Crippen molar-refractivity contribution in [3.63, 3.8) is 0 Å². The number of rotatable bonds is 6. The van der Waals surface area contributed by atoms with Crippen LogP contribution in [0.3, 0.4) is 0 Å². The van der Waals surface area contributed by atoms with Crippen molar-refractivity contribution in [2.75, 3.05) is 12.1 Å². The minimum absolute atomic E-state index is 0.173. The number of hydrogen-bond acceptors (Lipinski definition) is 7. The number of carbonyl (C=O) groups is 3. The van der Waals surface area contributed by atoms with Gasteiger partial charge in [0.2, 0.25) is 6.79 Å². The van der Waals surface area contributed by atoms with E-state index in [2.05, 4.69) is 10.6 Å². The van der Waals surface area contributed by atoms with Crippen molar-refractivity contribution in [2.45, 2.75) is 32.1 Å². The number of esters is 1. The van der Waals surface area contributed by atoms with Crippen LogP contribution in [-0.2, 0) is 25.7 Å². The first-order valence-corrected chi connectivity index (χ1v) is 9.42. The van der Waals surface area contributed by atoms with Gasteiger partial charge in [0, 0.05) is 6.54 Å². The predicted molar refractivity (Wildman–Crippen MR) is 104 cm³/mol. The number of amides is 2. The van der Waals surface area contributed by atoms with Crippen molar-refractivity contribution in [2.24, 2.45) is 0 Å². The van der Waals surface area contributed by atoms with Gasteiger partial charge in [-0.15, -0.1) is 0 Å². The smallest absolute Gasteiger partial charge is 0.310 e. The predicted octanol–water partition coefficient (Wildman–Crippen LogP) is 1.75. The molecule has 2 N–H and O–H groups in total. The van der Waals surface area contributed by atoms with E-state index < -0.39 is 30.0 Å². The topological polar surface area (TPSA) is 112 Å². The van der Waals surface area contributed by atoms with Crippen molar-refractivity contribution in [3.05, 3.63) is 48.0 Å². The van der Waals surface area contributed by atoms with Gasteiger partial charge < -0.3 is 29.6 Å². The highest BCUT2D eigenvalue weighted by atomic mass is 16.7. The normalized spacial score (nSPS) is 17.2. The molecule has 0 spiro atoms. The fourth-order valence-corrected chi connectivity index (χ4v) is 3.06. The van der Waals surface area contributed by atoms with Crippen LogP contribution in [0.5, 0.6) is 17.2 Å². The Hall–Kier alpha value is -3.75. The Kier molecular flexibility index (Phi) is 5.42. The molecular formula is C21H20N2O7. The summed E-state index contributed by atoms with van der Waals surface area (Å²) in [7, 11) is 0. The van der Waals surface area contributed by atoms with Gasteiger partial charge in [-0.1, -0.05) is 18.2 Å². The second kappa shape index (κ2) is 8.32. The summed E-state index contributed by atoms with van der Waals surface area (Å²) in [5.74, 6) is 0.146. The maximum Gasteiger partial charge on any atom is 0.310 e. The number of anilines is 1. The van der Waals surface area contributed by atoms with Crippen LogP contribution in [-0.4, -0.2) is 36.8 Å². The fraction of sp³-hybridized carbons (Fsp3) is 0.286. The molecule has 2 heterocycles. The van der Waals surface area contributed by atoms with E-state index in [0.29, 0.717) is 22.9 Å². The van der Waals surface area contributed by atoms with Gasteiger partial charge in [-0.05, 0) is 36.8 Å². The quantitative estimate of drug-likeness (QED) is 0.695. The SMILES string of the molecule is C[C@@H](OC(=O)C[C@H]1Oc2ccccc2NC1=O)C(=O)NCc1ccc2c(c1)OCO2. The molecule has 4 rings (SSSR count). The van der Waals surface area contributed by atoms with Crippen LogP contribution >= 0.6 is 0 Å². The standard InChI is InChI=1S/C21H20N2O7/c1-12(20(25)22-10-13-6-7-16-17(8-13)28-11-27-16)29-19(24)9-18-21(26)23-14-4-2-3-5-15(14)30-18/h2-8,12,18H,9-11H2,1H3,(H,22,25)(H,23,26)/t12-,18-/m1/s1. The van der Waals surface area contributed by atoms with Crippen LogP contribution in [0.25, 0.3) is 0 Å². The van der Waals surface area contributed by atoms with Crippen LogP contribution in [0.4, 0.5) is 5.69 Å². The molecule has 30 heavy (non-hydrogen) atoms. The molecule has 2 aliphatic rings. The van der Waals surface area contributed by atoms with E-state index in [1.165, 1.54) is 6.92 Å². The number of nitrogens with one attached hydrogen (secondary N) is 2. The minimum Gasteiger partial charge on any atom is -0.478 e. The zero-order valence-corrected chi connectivity index (χ0v) is 16.2. The van der Waals surface area contributed by atoms with Crippen molar-refractivity contribution in [1.82, 2.24) is 5.32 Å². The maximum absolute atomic E-state index is 12.3. The van der Waals surface area contributed by atoms with E-state index in [0.717, 1.165) is 5.56 Å². The third-order valence-electron chi connectivity index (χ3n) is 4.64. The largest absolute Gasteiger partial charge is 0.478 e. The van der Waals surface area contributed by atoms with E-state index in [-0.39, 0.29) is 19.8 Å². The monoisotopic (exact) mass is 412 g/mol. The van der Waals surface area contributed by atoms with Crippen LogP contribution in [0.2, 0.25) is 0 Å². The van der Waals surface area contributed by atoms with E-state index in [1.54, 1.807) is 42.5 Å². The molecule has 0 bridgehead atoms. The maximum atomic E-state index is 12.3. The molecule has 0 radical (unpaired) electrons. The van der Waals surface area contributed by atoms with E-state index in [4.69, 9.17) is 18.9 Å². The van der Waals surface area contributed by atoms with E-state index >= 15 is 0 Å². The lowest BCUT2D eigenvalue weighted by atomic mass is 10.1. The van der Waals surface area contributed by atoms with Crippen molar-refractivity contribution < 1.29 is 33.3 Å². The molecule has 2 aromatic carbocycles. The van der Waals surface area contributed by atoms with Crippen LogP contribution < -0.4 is 24.8 Å². The summed E-state index contributed by atoms with van der Waals surface area (Å²) >= 11 is 0. The molecule has 2 aromatic rings. The van der Waals surface area contributed by atoms with E-state index in [1.807, 2.05) is 0 Å². The lowest BCUT2D eigenvalue weighted by Gasteiger charge is -2.25. The Morgan fingerprint density at radius 1 is 1.17 bits per heavy atom. The molecule has 0 aromatic heterocycles. The number of benzene rings is 2. The summed E-state index contributed by atoms with van der Waals surface area (Å²) in [6.07, 6.45) is -2.35. The van der Waals surface area contributed by atoms with Gasteiger partial charge in [0.1, 0.15) is 5.75 Å². The summed E-state index contributed by atoms with van der Waals surface area (Å²) in [5.41, 5.74) is 1.36. The molecule has 0 unspecified atom stereocenters. The number of hydrogen-bond donors (Lipinski definition) is 2. The highest BCUT2D eigenvalue weighted by Gasteiger charge is 2.31. The van der Waals surface area contributed by atoms with Crippen LogP contribution in [0, 0.1) is 0 Å². The highest BCUT2D eigenvalue weighted by molar-refractivity contribution is 5.99. The van der Waals surface area contributed by atoms with Crippen molar-refractivity contribution in [1.29, 1.82) is 0 Å². The molecule has 0 fully saturated rings. The summed E-state index contributed by atoms with van der Waals surface area (Å²) in [5, 5.41) is 5.38. The molecule has 0 aliphatic carbocycles. The van der Waals surface area contributed by atoms with E-state index in [9.17, 15) is 14.4 Å². The number of ether oxygens (including phenoxy) is 4. The first-order valence-electron chi connectivity index (χ1n) is 9.42. The Morgan fingerprint density at radius 3 is 2.83 bits per heavy atom. The average Bonchev–Trinajstić information content (AvgIpc) is 3.20. The first-order chi connectivity index (χ1) is 14.5. The van der Waals surface area contributed by atoms with Gasteiger partial charge >= 0.3 is 5.97 Å². The van der Waals surface area contributed by atoms with Gasteiger partial charge in [-0.25, -0.2) is 0 Å². The summed E-state index contributed by atoms with van der Waals surface area (Å²) in [6.45, 7) is 1.87. The van der Waals surface area contributed by atoms with Crippen LogP contribution in [0.15, 0.2) is 42.5 Å². The van der Waals surface area contributed by atoms with Gasteiger partial charge in [0.15, 0.2) is 23.7 Å². The Morgan fingerprint density at radius 2 is 1.97 bits per heavy atom. The van der Waals surface area contributed by atoms with Gasteiger partial charge in [-0.3, -0.25) is 14.4 Å². The fourth-order valence-electron chi connectivity index (χ4n) is 3.06. The minimum atomic E-state index is -1.02. The molecule has 156 valence electrons. The summed E-state index contributed by atoms with van der Waals surface area (Å²) < 4.78 is 21.3.